The standard InChI is InChI=1S/C26H24N2O3/c1-29-16-12-23(30-2)26(24(13-16)31-3)25(19-14-27-21-10-6-4-8-17(19)21)20-15-28-22-11-7-5-9-18(20)22/h4-15,25,27-28H,1-3H3. The molecule has 5 aromatic rings. The van der Waals surface area contributed by atoms with Crippen molar-refractivity contribution in [1.29, 1.82) is 0 Å². The van der Waals surface area contributed by atoms with Crippen LogP contribution in [-0.4, -0.2) is 31.3 Å². The van der Waals surface area contributed by atoms with Crippen LogP contribution in [0, 0.1) is 0 Å². The van der Waals surface area contributed by atoms with Crippen molar-refractivity contribution in [3.05, 3.63) is 89.7 Å². The second-order valence-electron chi connectivity index (χ2n) is 7.46. The van der Waals surface area contributed by atoms with Crippen molar-refractivity contribution in [3.8, 4) is 17.2 Å². The first-order valence-corrected chi connectivity index (χ1v) is 10.2. The van der Waals surface area contributed by atoms with E-state index in [2.05, 4.69) is 58.8 Å². The van der Waals surface area contributed by atoms with Gasteiger partial charge in [-0.3, -0.25) is 0 Å². The molecule has 2 heterocycles. The lowest BCUT2D eigenvalue weighted by molar-refractivity contribution is 0.368. The van der Waals surface area contributed by atoms with Crippen LogP contribution in [0.4, 0.5) is 0 Å². The molecule has 3 aromatic carbocycles. The van der Waals surface area contributed by atoms with Crippen molar-refractivity contribution < 1.29 is 14.2 Å². The van der Waals surface area contributed by atoms with E-state index in [1.165, 1.54) is 0 Å². The second-order valence-corrected chi connectivity index (χ2v) is 7.46. The van der Waals surface area contributed by atoms with Gasteiger partial charge in [0.15, 0.2) is 0 Å². The van der Waals surface area contributed by atoms with E-state index in [0.29, 0.717) is 5.75 Å². The van der Waals surface area contributed by atoms with E-state index in [1.807, 2.05) is 24.3 Å². The van der Waals surface area contributed by atoms with Crippen molar-refractivity contribution in [2.24, 2.45) is 0 Å². The number of fused-ring (bicyclic) bond motifs is 2. The molecule has 31 heavy (non-hydrogen) atoms. The van der Waals surface area contributed by atoms with Gasteiger partial charge in [0.1, 0.15) is 17.2 Å². The highest BCUT2D eigenvalue weighted by molar-refractivity contribution is 5.89. The Morgan fingerprint density at radius 3 is 1.58 bits per heavy atom. The normalized spacial score (nSPS) is 11.4. The number of rotatable bonds is 6. The number of hydrogen-bond donors (Lipinski definition) is 2. The summed E-state index contributed by atoms with van der Waals surface area (Å²) in [5.74, 6) is 2.01. The Hall–Kier alpha value is -3.86. The van der Waals surface area contributed by atoms with Crippen LogP contribution >= 0.6 is 0 Å². The molecule has 0 radical (unpaired) electrons. The molecule has 0 amide bonds. The van der Waals surface area contributed by atoms with Crippen LogP contribution in [0.2, 0.25) is 0 Å². The van der Waals surface area contributed by atoms with Crippen molar-refractivity contribution in [3.63, 3.8) is 0 Å². The third-order valence-electron chi connectivity index (χ3n) is 5.91. The van der Waals surface area contributed by atoms with Gasteiger partial charge in [0.05, 0.1) is 21.3 Å². The summed E-state index contributed by atoms with van der Waals surface area (Å²) in [5, 5.41) is 2.33. The zero-order chi connectivity index (χ0) is 21.4. The van der Waals surface area contributed by atoms with Crippen LogP contribution < -0.4 is 14.2 Å². The zero-order valence-corrected chi connectivity index (χ0v) is 17.7. The van der Waals surface area contributed by atoms with Gasteiger partial charge in [0, 0.05) is 57.8 Å². The van der Waals surface area contributed by atoms with Gasteiger partial charge in [-0.1, -0.05) is 36.4 Å². The molecule has 5 nitrogen and oxygen atoms in total. The zero-order valence-electron chi connectivity index (χ0n) is 17.7. The fraction of sp³-hybridized carbons (Fsp3) is 0.154. The number of hydrogen-bond acceptors (Lipinski definition) is 3. The Morgan fingerprint density at radius 2 is 1.13 bits per heavy atom. The summed E-state index contributed by atoms with van der Waals surface area (Å²) in [6.45, 7) is 0. The van der Waals surface area contributed by atoms with Gasteiger partial charge in [0.25, 0.3) is 0 Å². The summed E-state index contributed by atoms with van der Waals surface area (Å²) < 4.78 is 17.2. The maximum atomic E-state index is 5.85. The number of nitrogens with one attached hydrogen (secondary N) is 2. The molecule has 0 bridgehead atoms. The van der Waals surface area contributed by atoms with E-state index in [-0.39, 0.29) is 5.92 Å². The number of para-hydroxylation sites is 2. The first kappa shape index (κ1) is 19.1. The highest BCUT2D eigenvalue weighted by Gasteiger charge is 2.29. The second kappa shape index (κ2) is 7.76. The molecule has 156 valence electrons. The molecule has 2 N–H and O–H groups in total. The van der Waals surface area contributed by atoms with Crippen molar-refractivity contribution in [2.45, 2.75) is 5.92 Å². The maximum Gasteiger partial charge on any atom is 0.130 e. The van der Waals surface area contributed by atoms with Gasteiger partial charge >= 0.3 is 0 Å². The molecule has 0 saturated carbocycles. The number of H-pyrrole nitrogens is 2. The quantitative estimate of drug-likeness (QED) is 0.367. The summed E-state index contributed by atoms with van der Waals surface area (Å²) in [5.41, 5.74) is 5.45. The van der Waals surface area contributed by atoms with Crippen LogP contribution in [0.1, 0.15) is 22.6 Å². The Labute approximate surface area is 180 Å². The van der Waals surface area contributed by atoms with Gasteiger partial charge in [0.2, 0.25) is 0 Å². The predicted octanol–water partition coefficient (Wildman–Crippen LogP) is 5.86. The Kier molecular flexibility index (Phi) is 4.79. The Morgan fingerprint density at radius 1 is 0.645 bits per heavy atom. The lowest BCUT2D eigenvalue weighted by Crippen LogP contribution is -2.07. The van der Waals surface area contributed by atoms with Gasteiger partial charge in [-0.25, -0.2) is 0 Å². The summed E-state index contributed by atoms with van der Waals surface area (Å²) in [7, 11) is 5.00. The van der Waals surface area contributed by atoms with Crippen molar-refractivity contribution >= 4 is 21.8 Å². The van der Waals surface area contributed by atoms with Gasteiger partial charge in [-0.05, 0) is 23.3 Å². The molecule has 5 rings (SSSR count). The fourth-order valence-corrected chi connectivity index (χ4v) is 4.46. The van der Waals surface area contributed by atoms with Crippen LogP contribution in [0.25, 0.3) is 21.8 Å². The molecule has 0 aliphatic carbocycles. The highest BCUT2D eigenvalue weighted by atomic mass is 16.5. The molecule has 0 aliphatic rings. The number of ether oxygens (including phenoxy) is 3. The van der Waals surface area contributed by atoms with E-state index in [9.17, 15) is 0 Å². The molecular formula is C26H24N2O3. The van der Waals surface area contributed by atoms with Crippen molar-refractivity contribution in [2.75, 3.05) is 21.3 Å². The first-order chi connectivity index (χ1) is 15.2. The van der Waals surface area contributed by atoms with Crippen LogP contribution in [0.15, 0.2) is 73.1 Å². The van der Waals surface area contributed by atoms with E-state index >= 15 is 0 Å². The van der Waals surface area contributed by atoms with E-state index in [1.54, 1.807) is 21.3 Å². The van der Waals surface area contributed by atoms with Gasteiger partial charge in [-0.15, -0.1) is 0 Å². The van der Waals surface area contributed by atoms with E-state index < -0.39 is 0 Å². The molecule has 5 heteroatoms. The topological polar surface area (TPSA) is 59.3 Å². The predicted molar refractivity (Wildman–Crippen MR) is 124 cm³/mol. The molecule has 0 unspecified atom stereocenters. The van der Waals surface area contributed by atoms with E-state index in [4.69, 9.17) is 14.2 Å². The van der Waals surface area contributed by atoms with Crippen molar-refractivity contribution in [1.82, 2.24) is 9.97 Å². The molecule has 0 fully saturated rings. The summed E-state index contributed by atoms with van der Waals surface area (Å²) >= 11 is 0. The molecule has 0 saturated heterocycles. The Balaban J connectivity index is 1.86. The molecule has 0 aliphatic heterocycles. The third kappa shape index (κ3) is 3.10. The number of aromatic amines is 2. The Bertz CT molecular complexity index is 1270. The van der Waals surface area contributed by atoms with E-state index in [0.717, 1.165) is 50.0 Å². The number of methoxy groups -OCH3 is 3. The molecular weight excluding hydrogens is 388 g/mol. The molecule has 0 atom stereocenters. The number of benzene rings is 3. The largest absolute Gasteiger partial charge is 0.496 e. The lowest BCUT2D eigenvalue weighted by atomic mass is 9.83. The lowest BCUT2D eigenvalue weighted by Gasteiger charge is -2.23. The minimum atomic E-state index is -0.122. The monoisotopic (exact) mass is 412 g/mol. The molecule has 0 spiro atoms. The van der Waals surface area contributed by atoms with Gasteiger partial charge in [-0.2, -0.15) is 0 Å². The summed E-state index contributed by atoms with van der Waals surface area (Å²) in [4.78, 5) is 6.86. The highest BCUT2D eigenvalue weighted by Crippen LogP contribution is 2.47. The summed E-state index contributed by atoms with van der Waals surface area (Å²) in [6.07, 6.45) is 4.17. The fourth-order valence-electron chi connectivity index (χ4n) is 4.46. The average Bonchev–Trinajstić information content (AvgIpc) is 3.44. The molecule has 2 aromatic heterocycles. The third-order valence-corrected chi connectivity index (χ3v) is 5.91. The minimum absolute atomic E-state index is 0.122. The SMILES string of the molecule is COc1cc(OC)c(C(c2c[nH]c3ccccc23)c2c[nH]c3ccccc23)c(OC)c1. The number of aromatic nitrogens is 2. The van der Waals surface area contributed by atoms with Crippen LogP contribution in [0.3, 0.4) is 0 Å². The van der Waals surface area contributed by atoms with Gasteiger partial charge < -0.3 is 24.2 Å². The summed E-state index contributed by atoms with van der Waals surface area (Å²) in [6, 6.07) is 20.5. The van der Waals surface area contributed by atoms with Crippen LogP contribution in [-0.2, 0) is 0 Å². The maximum absolute atomic E-state index is 5.85. The minimum Gasteiger partial charge on any atom is -0.496 e. The smallest absolute Gasteiger partial charge is 0.130 e. The van der Waals surface area contributed by atoms with Crippen LogP contribution in [0.5, 0.6) is 17.2 Å². The first-order valence-electron chi connectivity index (χ1n) is 10.2. The average molecular weight is 412 g/mol.